The number of anilines is 1. The van der Waals surface area contributed by atoms with E-state index in [1.165, 1.54) is 0 Å². The van der Waals surface area contributed by atoms with E-state index in [0.717, 1.165) is 11.3 Å². The van der Waals surface area contributed by atoms with Gasteiger partial charge in [0.25, 0.3) is 0 Å². The summed E-state index contributed by atoms with van der Waals surface area (Å²) in [7, 11) is 1.61. The van der Waals surface area contributed by atoms with Gasteiger partial charge in [0.2, 0.25) is 5.89 Å². The second-order valence-corrected chi connectivity index (χ2v) is 6.78. The zero-order valence-electron chi connectivity index (χ0n) is 13.8. The van der Waals surface area contributed by atoms with Crippen LogP contribution in [0.1, 0.15) is 51.0 Å². The molecule has 5 nitrogen and oxygen atoms in total. The molecule has 0 saturated carbocycles. The predicted molar refractivity (Wildman–Crippen MR) is 87.8 cm³/mol. The van der Waals surface area contributed by atoms with Crippen molar-refractivity contribution in [1.82, 2.24) is 10.1 Å². The number of hydrogen-bond donors (Lipinski definition) is 1. The number of aryl methyl sites for hydroxylation is 1. The summed E-state index contributed by atoms with van der Waals surface area (Å²) in [4.78, 5) is 4.47. The normalized spacial score (nSPS) is 13.0. The van der Waals surface area contributed by atoms with Crippen LogP contribution >= 0.6 is 11.6 Å². The lowest BCUT2D eigenvalue weighted by atomic mass is 9.96. The molecule has 1 heterocycles. The molecule has 0 bridgehead atoms. The maximum absolute atomic E-state index is 6.12. The van der Waals surface area contributed by atoms with Crippen LogP contribution in [0.25, 0.3) is 0 Å². The van der Waals surface area contributed by atoms with E-state index in [-0.39, 0.29) is 11.5 Å². The van der Waals surface area contributed by atoms with E-state index in [9.17, 15) is 0 Å². The Bertz CT molecular complexity index is 662. The molecule has 1 N–H and O–H groups in total. The summed E-state index contributed by atoms with van der Waals surface area (Å²) in [6.07, 6.45) is 0. The smallest absolute Gasteiger partial charge is 0.248 e. The second-order valence-electron chi connectivity index (χ2n) is 6.37. The Kier molecular flexibility index (Phi) is 4.66. The van der Waals surface area contributed by atoms with E-state index >= 15 is 0 Å². The van der Waals surface area contributed by atoms with Gasteiger partial charge in [-0.3, -0.25) is 0 Å². The highest BCUT2D eigenvalue weighted by atomic mass is 35.5. The molecule has 0 unspecified atom stereocenters. The highest BCUT2D eigenvalue weighted by molar-refractivity contribution is 6.31. The third-order valence-electron chi connectivity index (χ3n) is 3.34. The average molecular weight is 324 g/mol. The topological polar surface area (TPSA) is 60.2 Å². The van der Waals surface area contributed by atoms with Crippen LogP contribution in [0, 0.1) is 6.92 Å². The van der Waals surface area contributed by atoms with Gasteiger partial charge in [0.15, 0.2) is 5.82 Å². The summed E-state index contributed by atoms with van der Waals surface area (Å²) in [5, 5.41) is 8.05. The number of hydrogen-bond acceptors (Lipinski definition) is 5. The van der Waals surface area contributed by atoms with Crippen molar-refractivity contribution in [2.75, 3.05) is 12.4 Å². The van der Waals surface area contributed by atoms with Crippen LogP contribution < -0.4 is 10.1 Å². The molecule has 6 heteroatoms. The minimum atomic E-state index is -0.143. The van der Waals surface area contributed by atoms with Crippen molar-refractivity contribution < 1.29 is 9.26 Å². The summed E-state index contributed by atoms with van der Waals surface area (Å²) in [5.74, 6) is 1.91. The Morgan fingerprint density at radius 1 is 1.32 bits per heavy atom. The fourth-order valence-corrected chi connectivity index (χ4v) is 2.11. The Hall–Kier alpha value is -1.75. The van der Waals surface area contributed by atoms with Gasteiger partial charge < -0.3 is 14.6 Å². The molecule has 0 aliphatic heterocycles. The molecule has 0 aliphatic carbocycles. The summed E-state index contributed by atoms with van der Waals surface area (Å²) in [6, 6.07) is 3.59. The third-order valence-corrected chi connectivity index (χ3v) is 3.74. The standard InChI is InChI=1S/C16H22ClN3O2/c1-9-7-12(13(21-6)8-11(9)17)18-10(2)14-19-15(20-22-14)16(3,4)5/h7-8,10,18H,1-6H3/t10-/m0/s1. The van der Waals surface area contributed by atoms with Crippen molar-refractivity contribution in [3.05, 3.63) is 34.4 Å². The lowest BCUT2D eigenvalue weighted by Crippen LogP contribution is -2.14. The van der Waals surface area contributed by atoms with E-state index in [0.29, 0.717) is 22.5 Å². The highest BCUT2D eigenvalue weighted by Crippen LogP contribution is 2.33. The van der Waals surface area contributed by atoms with Crippen molar-refractivity contribution in [1.29, 1.82) is 0 Å². The quantitative estimate of drug-likeness (QED) is 0.897. The maximum Gasteiger partial charge on any atom is 0.248 e. The largest absolute Gasteiger partial charge is 0.495 e. The predicted octanol–water partition coefficient (Wildman–Crippen LogP) is 4.51. The number of aromatic nitrogens is 2. The molecule has 1 aromatic heterocycles. The van der Waals surface area contributed by atoms with E-state index in [2.05, 4.69) is 15.5 Å². The maximum atomic E-state index is 6.12. The second kappa shape index (κ2) is 6.16. The Morgan fingerprint density at radius 2 is 2.00 bits per heavy atom. The lowest BCUT2D eigenvalue weighted by Gasteiger charge is -2.16. The first-order valence-corrected chi connectivity index (χ1v) is 7.55. The van der Waals surface area contributed by atoms with Gasteiger partial charge in [0.05, 0.1) is 12.8 Å². The molecule has 2 rings (SSSR count). The van der Waals surface area contributed by atoms with Crippen LogP contribution in [0.3, 0.4) is 0 Å². The first kappa shape index (κ1) is 16.6. The van der Waals surface area contributed by atoms with Gasteiger partial charge in [-0.25, -0.2) is 0 Å². The molecule has 0 aliphatic rings. The molecule has 0 fully saturated rings. The van der Waals surface area contributed by atoms with E-state index in [4.69, 9.17) is 20.9 Å². The number of nitrogens with one attached hydrogen (secondary N) is 1. The molecule has 0 radical (unpaired) electrons. The van der Waals surface area contributed by atoms with Crippen LogP contribution in [0.5, 0.6) is 5.75 Å². The Labute approximate surface area is 136 Å². The van der Waals surface area contributed by atoms with Crippen molar-refractivity contribution in [2.45, 2.75) is 46.1 Å². The zero-order chi connectivity index (χ0) is 16.5. The highest BCUT2D eigenvalue weighted by Gasteiger charge is 2.23. The number of methoxy groups -OCH3 is 1. The molecule has 1 aromatic carbocycles. The Balaban J connectivity index is 2.23. The van der Waals surface area contributed by atoms with E-state index < -0.39 is 0 Å². The SMILES string of the molecule is COc1cc(Cl)c(C)cc1N[C@@H](C)c1nc(C(C)(C)C)no1. The molecule has 0 spiro atoms. The molecule has 120 valence electrons. The first-order chi connectivity index (χ1) is 10.2. The van der Waals surface area contributed by atoms with Crippen molar-refractivity contribution in [3.63, 3.8) is 0 Å². The van der Waals surface area contributed by atoms with Gasteiger partial charge in [-0.1, -0.05) is 37.5 Å². The third kappa shape index (κ3) is 3.53. The van der Waals surface area contributed by atoms with Gasteiger partial charge >= 0.3 is 0 Å². The van der Waals surface area contributed by atoms with Gasteiger partial charge in [0.1, 0.15) is 11.8 Å². The number of halogens is 1. The molecule has 1 atom stereocenters. The summed E-state index contributed by atoms with van der Waals surface area (Å²) < 4.78 is 10.7. The van der Waals surface area contributed by atoms with Crippen LogP contribution in [0.15, 0.2) is 16.7 Å². The van der Waals surface area contributed by atoms with Crippen molar-refractivity contribution in [3.8, 4) is 5.75 Å². The first-order valence-electron chi connectivity index (χ1n) is 7.17. The van der Waals surface area contributed by atoms with Crippen LogP contribution in [-0.2, 0) is 5.41 Å². The molecular formula is C16H22ClN3O2. The summed E-state index contributed by atoms with van der Waals surface area (Å²) in [6.45, 7) is 10.0. The van der Waals surface area contributed by atoms with Crippen molar-refractivity contribution >= 4 is 17.3 Å². The summed E-state index contributed by atoms with van der Waals surface area (Å²) >= 11 is 6.12. The minimum absolute atomic E-state index is 0.141. The average Bonchev–Trinajstić information content (AvgIpc) is 2.92. The fraction of sp³-hybridized carbons (Fsp3) is 0.500. The molecule has 22 heavy (non-hydrogen) atoms. The summed E-state index contributed by atoms with van der Waals surface area (Å²) in [5.41, 5.74) is 1.67. The number of nitrogens with zero attached hydrogens (tertiary/aromatic N) is 2. The van der Waals surface area contributed by atoms with Crippen LogP contribution in [0.4, 0.5) is 5.69 Å². The van der Waals surface area contributed by atoms with Crippen molar-refractivity contribution in [2.24, 2.45) is 0 Å². The van der Waals surface area contributed by atoms with E-state index in [1.807, 2.05) is 40.7 Å². The van der Waals surface area contributed by atoms with Gasteiger partial charge in [-0.2, -0.15) is 4.98 Å². The number of rotatable bonds is 4. The van der Waals surface area contributed by atoms with Gasteiger partial charge in [0, 0.05) is 16.5 Å². The minimum Gasteiger partial charge on any atom is -0.495 e. The van der Waals surface area contributed by atoms with E-state index in [1.54, 1.807) is 13.2 Å². The lowest BCUT2D eigenvalue weighted by molar-refractivity contribution is 0.353. The fourth-order valence-electron chi connectivity index (χ4n) is 1.96. The molecular weight excluding hydrogens is 302 g/mol. The zero-order valence-corrected chi connectivity index (χ0v) is 14.6. The van der Waals surface area contributed by atoms with Crippen LogP contribution in [0.2, 0.25) is 5.02 Å². The number of ether oxygens (including phenoxy) is 1. The van der Waals surface area contributed by atoms with Gasteiger partial charge in [-0.15, -0.1) is 0 Å². The molecule has 2 aromatic rings. The molecule has 0 saturated heterocycles. The number of benzene rings is 1. The monoisotopic (exact) mass is 323 g/mol. The van der Waals surface area contributed by atoms with Gasteiger partial charge in [-0.05, 0) is 25.5 Å². The Morgan fingerprint density at radius 3 is 2.55 bits per heavy atom. The van der Waals surface area contributed by atoms with Crippen LogP contribution in [-0.4, -0.2) is 17.3 Å². The molecule has 0 amide bonds.